The van der Waals surface area contributed by atoms with Gasteiger partial charge in [-0.05, 0) is 25.1 Å². The van der Waals surface area contributed by atoms with E-state index in [0.29, 0.717) is 19.5 Å². The summed E-state index contributed by atoms with van der Waals surface area (Å²) in [6.07, 6.45) is 5.71. The Bertz CT molecular complexity index is 639. The van der Waals surface area contributed by atoms with Gasteiger partial charge in [0.25, 0.3) is 0 Å². The molecule has 0 atom stereocenters. The Kier molecular flexibility index (Phi) is 4.83. The monoisotopic (exact) mass is 295 g/mol. The predicted octanol–water partition coefficient (Wildman–Crippen LogP) is 0.240. The number of aromatic amines is 1. The largest absolute Gasteiger partial charge is 0.313 e. The van der Waals surface area contributed by atoms with Gasteiger partial charge >= 0.3 is 0 Å². The second kappa shape index (κ2) is 6.60. The number of sulfonamides is 1. The fourth-order valence-electron chi connectivity index (χ4n) is 1.83. The Morgan fingerprint density at radius 1 is 1.35 bits per heavy atom. The molecule has 7 nitrogen and oxygen atoms in total. The van der Waals surface area contributed by atoms with Crippen LogP contribution in [0.25, 0.3) is 11.3 Å². The number of hydrogen-bond donors (Lipinski definition) is 3. The van der Waals surface area contributed by atoms with E-state index in [-0.39, 0.29) is 5.75 Å². The van der Waals surface area contributed by atoms with E-state index in [1.165, 1.54) is 0 Å². The van der Waals surface area contributed by atoms with Crippen LogP contribution in [0, 0.1) is 0 Å². The number of nitrogens with one attached hydrogen (secondary N) is 2. The number of primary sulfonamides is 1. The van der Waals surface area contributed by atoms with Gasteiger partial charge in [0.2, 0.25) is 10.0 Å². The number of nitrogens with zero attached hydrogens (tertiary/aromatic N) is 2. The van der Waals surface area contributed by atoms with Gasteiger partial charge in [-0.1, -0.05) is 0 Å². The first-order chi connectivity index (χ1) is 9.56. The zero-order chi connectivity index (χ0) is 14.4. The molecule has 0 aliphatic heterocycles. The van der Waals surface area contributed by atoms with Crippen molar-refractivity contribution in [3.05, 3.63) is 36.3 Å². The SMILES string of the molecule is NS(=O)(=O)CCCNCc1cn[nH]c1-c1cccnc1. The minimum atomic E-state index is -3.38. The maximum atomic E-state index is 10.8. The van der Waals surface area contributed by atoms with Crippen LogP contribution in [0.1, 0.15) is 12.0 Å². The Balaban J connectivity index is 1.87. The Labute approximate surface area is 117 Å². The molecule has 0 aliphatic rings. The number of H-pyrrole nitrogens is 1. The van der Waals surface area contributed by atoms with E-state index in [4.69, 9.17) is 5.14 Å². The molecule has 0 spiro atoms. The van der Waals surface area contributed by atoms with Crippen LogP contribution >= 0.6 is 0 Å². The van der Waals surface area contributed by atoms with Crippen LogP contribution in [0.3, 0.4) is 0 Å². The van der Waals surface area contributed by atoms with Crippen LogP contribution in [-0.2, 0) is 16.6 Å². The van der Waals surface area contributed by atoms with Crippen molar-refractivity contribution in [1.29, 1.82) is 0 Å². The van der Waals surface area contributed by atoms with Gasteiger partial charge in [0.05, 0.1) is 17.6 Å². The van der Waals surface area contributed by atoms with Gasteiger partial charge in [-0.15, -0.1) is 0 Å². The summed E-state index contributed by atoms with van der Waals surface area (Å²) in [6.45, 7) is 1.18. The molecule has 0 aromatic carbocycles. The molecule has 2 rings (SSSR count). The summed E-state index contributed by atoms with van der Waals surface area (Å²) in [5, 5.41) is 15.1. The molecule has 0 unspecified atom stereocenters. The molecule has 8 heteroatoms. The highest BCUT2D eigenvalue weighted by Gasteiger charge is 2.07. The number of rotatable bonds is 7. The highest BCUT2D eigenvalue weighted by Crippen LogP contribution is 2.19. The van der Waals surface area contributed by atoms with E-state index in [9.17, 15) is 8.42 Å². The first-order valence-corrected chi connectivity index (χ1v) is 7.91. The van der Waals surface area contributed by atoms with Gasteiger partial charge in [-0.3, -0.25) is 10.1 Å². The molecule has 2 aromatic heterocycles. The number of nitrogens with two attached hydrogens (primary N) is 1. The maximum Gasteiger partial charge on any atom is 0.209 e. The molecule has 2 heterocycles. The van der Waals surface area contributed by atoms with Crippen LogP contribution < -0.4 is 10.5 Å². The minimum Gasteiger partial charge on any atom is -0.313 e. The van der Waals surface area contributed by atoms with Gasteiger partial charge in [0.1, 0.15) is 0 Å². The highest BCUT2D eigenvalue weighted by molar-refractivity contribution is 7.89. The third kappa shape index (κ3) is 4.41. The molecular weight excluding hydrogens is 278 g/mol. The standard InChI is InChI=1S/C12H17N5O2S/c13-20(18,19)6-2-5-15-8-11-9-16-17-12(11)10-3-1-4-14-7-10/h1,3-4,7,9,15H,2,5-6,8H2,(H,16,17)(H2,13,18,19). The van der Waals surface area contributed by atoms with Crippen molar-refractivity contribution in [2.75, 3.05) is 12.3 Å². The van der Waals surface area contributed by atoms with Gasteiger partial charge in [0.15, 0.2) is 0 Å². The Hall–Kier alpha value is -1.77. The van der Waals surface area contributed by atoms with Crippen molar-refractivity contribution in [2.24, 2.45) is 5.14 Å². The lowest BCUT2D eigenvalue weighted by Gasteiger charge is -2.05. The van der Waals surface area contributed by atoms with Gasteiger partial charge in [-0.25, -0.2) is 13.6 Å². The summed E-state index contributed by atoms with van der Waals surface area (Å²) in [7, 11) is -3.38. The van der Waals surface area contributed by atoms with Crippen LogP contribution in [-0.4, -0.2) is 35.9 Å². The molecular formula is C12H17N5O2S. The molecule has 0 aliphatic carbocycles. The Morgan fingerprint density at radius 2 is 2.20 bits per heavy atom. The van der Waals surface area contributed by atoms with E-state index in [1.54, 1.807) is 18.6 Å². The zero-order valence-electron chi connectivity index (χ0n) is 10.9. The van der Waals surface area contributed by atoms with Gasteiger partial charge < -0.3 is 5.32 Å². The normalized spacial score (nSPS) is 11.7. The summed E-state index contributed by atoms with van der Waals surface area (Å²) >= 11 is 0. The second-order valence-electron chi connectivity index (χ2n) is 4.41. The molecule has 20 heavy (non-hydrogen) atoms. The van der Waals surface area contributed by atoms with Crippen LogP contribution in [0.4, 0.5) is 0 Å². The third-order valence-corrected chi connectivity index (χ3v) is 3.62. The van der Waals surface area contributed by atoms with Crippen molar-refractivity contribution < 1.29 is 8.42 Å². The number of hydrogen-bond acceptors (Lipinski definition) is 5. The predicted molar refractivity (Wildman–Crippen MR) is 76.1 cm³/mol. The van der Waals surface area contributed by atoms with E-state index in [0.717, 1.165) is 16.8 Å². The van der Waals surface area contributed by atoms with Gasteiger partial charge in [-0.2, -0.15) is 5.10 Å². The summed E-state index contributed by atoms with van der Waals surface area (Å²) in [5.74, 6) is -0.0130. The molecule has 0 saturated carbocycles. The molecule has 0 bridgehead atoms. The fourth-order valence-corrected chi connectivity index (χ4v) is 2.37. The van der Waals surface area contributed by atoms with Crippen molar-refractivity contribution in [3.8, 4) is 11.3 Å². The number of aromatic nitrogens is 3. The molecule has 2 aromatic rings. The van der Waals surface area contributed by atoms with Crippen molar-refractivity contribution in [2.45, 2.75) is 13.0 Å². The van der Waals surface area contributed by atoms with Crippen molar-refractivity contribution in [3.63, 3.8) is 0 Å². The fraction of sp³-hybridized carbons (Fsp3) is 0.333. The first-order valence-electron chi connectivity index (χ1n) is 6.20. The van der Waals surface area contributed by atoms with E-state index >= 15 is 0 Å². The second-order valence-corrected chi connectivity index (χ2v) is 6.14. The molecule has 108 valence electrons. The number of pyridine rings is 1. The lowest BCUT2D eigenvalue weighted by Crippen LogP contribution is -2.22. The maximum absolute atomic E-state index is 10.8. The molecule has 0 saturated heterocycles. The van der Waals surface area contributed by atoms with E-state index in [2.05, 4.69) is 20.5 Å². The van der Waals surface area contributed by atoms with Crippen LogP contribution in [0.5, 0.6) is 0 Å². The average molecular weight is 295 g/mol. The molecule has 4 N–H and O–H groups in total. The summed E-state index contributed by atoms with van der Waals surface area (Å²) in [6, 6.07) is 3.81. The molecule has 0 fully saturated rings. The van der Waals surface area contributed by atoms with Crippen LogP contribution in [0.2, 0.25) is 0 Å². The summed E-state index contributed by atoms with van der Waals surface area (Å²) in [5.41, 5.74) is 2.89. The summed E-state index contributed by atoms with van der Waals surface area (Å²) in [4.78, 5) is 4.07. The topological polar surface area (TPSA) is 114 Å². The van der Waals surface area contributed by atoms with E-state index in [1.807, 2.05) is 12.1 Å². The summed E-state index contributed by atoms with van der Waals surface area (Å²) < 4.78 is 21.6. The third-order valence-electron chi connectivity index (χ3n) is 2.77. The van der Waals surface area contributed by atoms with Crippen molar-refractivity contribution in [1.82, 2.24) is 20.5 Å². The zero-order valence-corrected chi connectivity index (χ0v) is 11.7. The van der Waals surface area contributed by atoms with Gasteiger partial charge in [0, 0.05) is 30.1 Å². The quantitative estimate of drug-likeness (QED) is 0.633. The highest BCUT2D eigenvalue weighted by atomic mass is 32.2. The Morgan fingerprint density at radius 3 is 2.90 bits per heavy atom. The van der Waals surface area contributed by atoms with Crippen LogP contribution in [0.15, 0.2) is 30.7 Å². The molecule has 0 radical (unpaired) electrons. The first kappa shape index (κ1) is 14.6. The average Bonchev–Trinajstić information content (AvgIpc) is 2.86. The minimum absolute atomic E-state index is 0.0130. The lowest BCUT2D eigenvalue weighted by molar-refractivity contribution is 0.590. The lowest BCUT2D eigenvalue weighted by atomic mass is 10.1. The van der Waals surface area contributed by atoms with Crippen molar-refractivity contribution >= 4 is 10.0 Å². The molecule has 0 amide bonds. The smallest absolute Gasteiger partial charge is 0.209 e. The van der Waals surface area contributed by atoms with E-state index < -0.39 is 10.0 Å².